The van der Waals surface area contributed by atoms with E-state index in [1.54, 1.807) is 0 Å². The van der Waals surface area contributed by atoms with E-state index in [1.807, 2.05) is 24.3 Å². The van der Waals surface area contributed by atoms with Crippen molar-refractivity contribution in [1.82, 2.24) is 0 Å². The third-order valence-corrected chi connectivity index (χ3v) is 3.67. The lowest BCUT2D eigenvalue weighted by molar-refractivity contribution is 1.44. The quantitative estimate of drug-likeness (QED) is 0.813. The molecule has 2 aromatic carbocycles. The minimum Gasteiger partial charge on any atom is -0.205 e. The van der Waals surface area contributed by atoms with Gasteiger partial charge in [0.05, 0.1) is 0 Å². The van der Waals surface area contributed by atoms with Crippen molar-refractivity contribution in [3.63, 3.8) is 0 Å². The molecule has 0 N–H and O–H groups in total. The van der Waals surface area contributed by atoms with Gasteiger partial charge in [-0.15, -0.1) is 0 Å². The zero-order valence-electron chi connectivity index (χ0n) is 12.4. The van der Waals surface area contributed by atoms with E-state index in [4.69, 9.17) is 0 Å². The van der Waals surface area contributed by atoms with Crippen LogP contribution in [-0.2, 0) is 0 Å². The average Bonchev–Trinajstić information content (AvgIpc) is 3.07. The largest absolute Gasteiger partial charge is 0.205 e. The maximum absolute atomic E-state index is 4.49. The van der Waals surface area contributed by atoms with Gasteiger partial charge in [0, 0.05) is 11.1 Å². The summed E-state index contributed by atoms with van der Waals surface area (Å²) in [5.74, 6) is 2.57. The van der Waals surface area contributed by atoms with Gasteiger partial charge in [-0.1, -0.05) is 59.7 Å². The Morgan fingerprint density at radius 1 is 0.455 bits per heavy atom. The van der Waals surface area contributed by atoms with Crippen LogP contribution in [0, 0.1) is 13.8 Å². The number of fused-ring (bicyclic) bond motifs is 1. The number of aryl methyl sites for hydroxylation is 2. The Kier molecular flexibility index (Phi) is 2.82. The van der Waals surface area contributed by atoms with Gasteiger partial charge in [-0.2, -0.15) is 0 Å². The van der Waals surface area contributed by atoms with E-state index in [2.05, 4.69) is 58.1 Å². The Labute approximate surface area is 128 Å². The third kappa shape index (κ3) is 2.19. The van der Waals surface area contributed by atoms with Crippen LogP contribution in [0.3, 0.4) is 0 Å². The molecule has 0 saturated carbocycles. The fourth-order valence-corrected chi connectivity index (χ4v) is 2.36. The van der Waals surface area contributed by atoms with Gasteiger partial charge >= 0.3 is 0 Å². The average molecular weight is 286 g/mol. The predicted molar refractivity (Wildman–Crippen MR) is 90.3 cm³/mol. The fourth-order valence-electron chi connectivity index (χ4n) is 2.36. The Hall–Kier alpha value is -2.88. The van der Waals surface area contributed by atoms with Crippen molar-refractivity contribution < 1.29 is 0 Å². The van der Waals surface area contributed by atoms with Crippen molar-refractivity contribution in [3.8, 4) is 0 Å². The summed E-state index contributed by atoms with van der Waals surface area (Å²) in [7, 11) is 0. The van der Waals surface area contributed by atoms with E-state index in [9.17, 15) is 0 Å². The van der Waals surface area contributed by atoms with E-state index in [-0.39, 0.29) is 0 Å². The summed E-state index contributed by atoms with van der Waals surface area (Å²) in [5, 5.41) is 0. The lowest BCUT2D eigenvalue weighted by atomic mass is 10.1. The van der Waals surface area contributed by atoms with Crippen LogP contribution in [-0.4, -0.2) is 23.3 Å². The number of hydrogen-bond acceptors (Lipinski definition) is 4. The van der Waals surface area contributed by atoms with Crippen LogP contribution in [0.1, 0.15) is 22.3 Å². The highest BCUT2D eigenvalue weighted by molar-refractivity contribution is 6.53. The van der Waals surface area contributed by atoms with E-state index >= 15 is 0 Å². The van der Waals surface area contributed by atoms with Crippen molar-refractivity contribution in [2.24, 2.45) is 20.0 Å². The van der Waals surface area contributed by atoms with Crippen molar-refractivity contribution >= 4 is 23.3 Å². The Morgan fingerprint density at radius 2 is 0.773 bits per heavy atom. The highest BCUT2D eigenvalue weighted by Crippen LogP contribution is 2.17. The molecule has 0 radical (unpaired) electrons. The predicted octanol–water partition coefficient (Wildman–Crippen LogP) is 3.32. The summed E-state index contributed by atoms with van der Waals surface area (Å²) in [4.78, 5) is 18.0. The topological polar surface area (TPSA) is 49.4 Å². The van der Waals surface area contributed by atoms with Gasteiger partial charge in [0.25, 0.3) is 0 Å². The molecule has 0 unspecified atom stereocenters. The molecule has 0 spiro atoms. The number of rotatable bonds is 2. The Balaban J connectivity index is 1.64. The van der Waals surface area contributed by atoms with Gasteiger partial charge in [0.2, 0.25) is 11.7 Å². The summed E-state index contributed by atoms with van der Waals surface area (Å²) in [6, 6.07) is 16.3. The van der Waals surface area contributed by atoms with Gasteiger partial charge in [0.1, 0.15) is 0 Å². The molecule has 0 amide bonds. The molecule has 0 bridgehead atoms. The number of nitrogens with zero attached hydrogens (tertiary/aromatic N) is 4. The van der Waals surface area contributed by atoms with Crippen molar-refractivity contribution in [2.75, 3.05) is 0 Å². The highest BCUT2D eigenvalue weighted by atomic mass is 15.2. The molecule has 0 saturated heterocycles. The van der Waals surface area contributed by atoms with Crippen LogP contribution in [0.5, 0.6) is 0 Å². The van der Waals surface area contributed by atoms with Gasteiger partial charge in [0.15, 0.2) is 11.7 Å². The number of hydrogen-bond donors (Lipinski definition) is 0. The van der Waals surface area contributed by atoms with E-state index in [0.29, 0.717) is 23.3 Å². The van der Waals surface area contributed by atoms with Gasteiger partial charge in [-0.05, 0) is 13.8 Å². The first-order valence-corrected chi connectivity index (χ1v) is 7.18. The van der Waals surface area contributed by atoms with E-state index < -0.39 is 0 Å². The van der Waals surface area contributed by atoms with Gasteiger partial charge < -0.3 is 0 Å². The van der Waals surface area contributed by atoms with Crippen molar-refractivity contribution in [2.45, 2.75) is 13.8 Å². The van der Waals surface area contributed by atoms with Crippen LogP contribution in [0.15, 0.2) is 68.5 Å². The molecule has 0 aromatic heterocycles. The normalized spacial score (nSPS) is 15.9. The molecule has 22 heavy (non-hydrogen) atoms. The molecule has 4 rings (SSSR count). The molecule has 4 nitrogen and oxygen atoms in total. The molecule has 2 aliphatic rings. The minimum atomic E-state index is 0.603. The molecule has 4 heteroatoms. The monoisotopic (exact) mass is 286 g/mol. The van der Waals surface area contributed by atoms with E-state index in [0.717, 1.165) is 11.1 Å². The molecular formula is C18H14N4. The number of benzene rings is 2. The number of aliphatic imine (C=N–C) groups is 4. The highest BCUT2D eigenvalue weighted by Gasteiger charge is 2.25. The standard InChI is InChI=1S/C18H14N4/c1-11-3-7-13(8-4-11)15-19-17-18(20-15)22-16(21-17)14-9-5-12(2)6-10-14/h3-10H,1-2H3. The molecule has 2 heterocycles. The zero-order chi connectivity index (χ0) is 15.1. The van der Waals surface area contributed by atoms with Crippen LogP contribution >= 0.6 is 0 Å². The second kappa shape index (κ2) is 4.84. The summed E-state index contributed by atoms with van der Waals surface area (Å²) < 4.78 is 0. The lowest BCUT2D eigenvalue weighted by Crippen LogP contribution is -1.97. The molecular weight excluding hydrogens is 272 g/mol. The van der Waals surface area contributed by atoms with Gasteiger partial charge in [-0.3, -0.25) is 0 Å². The summed E-state index contributed by atoms with van der Waals surface area (Å²) in [6.07, 6.45) is 0. The van der Waals surface area contributed by atoms with Crippen LogP contribution in [0.2, 0.25) is 0 Å². The summed E-state index contributed by atoms with van der Waals surface area (Å²) >= 11 is 0. The van der Waals surface area contributed by atoms with Crippen molar-refractivity contribution in [1.29, 1.82) is 0 Å². The molecule has 2 aromatic rings. The smallest absolute Gasteiger partial charge is 0.202 e. The first-order valence-electron chi connectivity index (χ1n) is 7.18. The maximum atomic E-state index is 4.49. The Morgan fingerprint density at radius 3 is 1.14 bits per heavy atom. The van der Waals surface area contributed by atoms with Crippen LogP contribution in [0.25, 0.3) is 0 Å². The number of amidine groups is 4. The van der Waals surface area contributed by atoms with Crippen molar-refractivity contribution in [3.05, 3.63) is 70.8 Å². The molecule has 0 atom stereocenters. The Bertz CT molecular complexity index is 791. The van der Waals surface area contributed by atoms with E-state index in [1.165, 1.54) is 11.1 Å². The SMILES string of the molecule is Cc1ccc(C2=NC3=NC(c4ccc(C)cc4)=NC3=N2)cc1. The molecule has 2 aliphatic heterocycles. The third-order valence-electron chi connectivity index (χ3n) is 3.67. The first-order chi connectivity index (χ1) is 10.7. The molecule has 106 valence electrons. The molecule has 0 fully saturated rings. The second-order valence-electron chi connectivity index (χ2n) is 5.47. The first kappa shape index (κ1) is 12.8. The van der Waals surface area contributed by atoms with Gasteiger partial charge in [-0.25, -0.2) is 20.0 Å². The second-order valence-corrected chi connectivity index (χ2v) is 5.47. The summed E-state index contributed by atoms with van der Waals surface area (Å²) in [5.41, 5.74) is 4.41. The summed E-state index contributed by atoms with van der Waals surface area (Å²) in [6.45, 7) is 4.12. The van der Waals surface area contributed by atoms with Crippen LogP contribution < -0.4 is 0 Å². The molecule has 0 aliphatic carbocycles. The van der Waals surface area contributed by atoms with Crippen LogP contribution in [0.4, 0.5) is 0 Å². The minimum absolute atomic E-state index is 0.603. The fraction of sp³-hybridized carbons (Fsp3) is 0.111. The maximum Gasteiger partial charge on any atom is 0.202 e. The zero-order valence-corrected chi connectivity index (χ0v) is 12.4. The lowest BCUT2D eigenvalue weighted by Gasteiger charge is -1.99.